The average molecular weight is 655 g/mol. The first-order valence-corrected chi connectivity index (χ1v) is 15.5. The number of carbonyl (C=O) groups is 1. The maximum Gasteiger partial charge on any atom is 0.573 e. The molecular weight excluding hydrogens is 617 g/mol. The molecule has 0 radical (unpaired) electrons. The van der Waals surface area contributed by atoms with E-state index in [2.05, 4.69) is 74.1 Å². The van der Waals surface area contributed by atoms with E-state index >= 15 is 0 Å². The molecule has 3 aromatic carbocycles. The van der Waals surface area contributed by atoms with Gasteiger partial charge in [-0.1, -0.05) is 44.2 Å². The van der Waals surface area contributed by atoms with E-state index in [4.69, 9.17) is 5.73 Å². The quantitative estimate of drug-likeness (QED) is 0.0564. The summed E-state index contributed by atoms with van der Waals surface area (Å²) < 4.78 is 45.8. The molecule has 46 heavy (non-hydrogen) atoms. The van der Waals surface area contributed by atoms with Crippen molar-refractivity contribution in [2.45, 2.75) is 57.2 Å². The Morgan fingerprint density at radius 3 is 2.61 bits per heavy atom. The lowest BCUT2D eigenvalue weighted by molar-refractivity contribution is -0.274. The minimum absolute atomic E-state index is 0.0271. The molecule has 244 valence electrons. The molecule has 0 aliphatic rings. The number of hydrogen-bond donors (Lipinski definition) is 4. The lowest BCUT2D eigenvalue weighted by atomic mass is 10.0. The zero-order chi connectivity index (χ0) is 33.1. The van der Waals surface area contributed by atoms with Gasteiger partial charge in [0.1, 0.15) is 18.7 Å². The Kier molecular flexibility index (Phi) is 12.0. The van der Waals surface area contributed by atoms with Crippen LogP contribution in [0.1, 0.15) is 49.3 Å². The van der Waals surface area contributed by atoms with Gasteiger partial charge in [-0.3, -0.25) is 5.32 Å². The maximum atomic E-state index is 12.4. The molecule has 0 unspecified atom stereocenters. The average Bonchev–Trinajstić information content (AvgIpc) is 3.49. The molecule has 4 rings (SSSR count). The summed E-state index contributed by atoms with van der Waals surface area (Å²) in [6.45, 7) is 7.07. The van der Waals surface area contributed by atoms with Crippen LogP contribution in [-0.2, 0) is 6.42 Å². The van der Waals surface area contributed by atoms with Gasteiger partial charge >= 0.3 is 12.4 Å². The third-order valence-corrected chi connectivity index (χ3v) is 7.57. The number of halogens is 3. The number of nitrogens with two attached hydrogens (primary N) is 1. The topological polar surface area (TPSA) is 131 Å². The van der Waals surface area contributed by atoms with Crippen LogP contribution in [-0.4, -0.2) is 46.3 Å². The smallest absolute Gasteiger partial charge is 0.406 e. The van der Waals surface area contributed by atoms with Crippen LogP contribution in [0.5, 0.6) is 5.75 Å². The van der Waals surface area contributed by atoms with Crippen molar-refractivity contribution in [3.05, 3.63) is 89.7 Å². The molecule has 2 amide bonds. The molecule has 0 spiro atoms. The number of nitrogens with zero attached hydrogens (tertiary/aromatic N) is 4. The van der Waals surface area contributed by atoms with Crippen molar-refractivity contribution in [1.82, 2.24) is 30.1 Å². The van der Waals surface area contributed by atoms with E-state index in [0.29, 0.717) is 24.0 Å². The predicted octanol–water partition coefficient (Wildman–Crippen LogP) is 6.46. The summed E-state index contributed by atoms with van der Waals surface area (Å²) in [5.41, 5.74) is 10.7. The highest BCUT2D eigenvalue weighted by Crippen LogP contribution is 2.28. The van der Waals surface area contributed by atoms with Crippen LogP contribution >= 0.6 is 11.9 Å². The van der Waals surface area contributed by atoms with Crippen LogP contribution in [0.25, 0.3) is 17.1 Å². The number of aryl methyl sites for hydroxylation is 2. The number of alkyl halides is 3. The van der Waals surface area contributed by atoms with Crippen LogP contribution in [0, 0.1) is 6.92 Å². The highest BCUT2D eigenvalue weighted by Gasteiger charge is 2.31. The van der Waals surface area contributed by atoms with Gasteiger partial charge in [-0.15, -0.1) is 18.3 Å². The second-order valence-electron chi connectivity index (χ2n) is 10.7. The standard InChI is InChI=1S/C32H37F3N8O2S/c1-21(2)27-15-10-22(3)17-28(27)46-40-19-38-30(36)41-31(44)37-16-5-4-7-23-8-6-9-24(18-23)29-39-20-43(42-29)25-11-13-26(14-12-25)45-32(33,34)35/h6,8-15,17-18,20-21,40H,4-5,7,16,19H2,1-3H3,(H4,36,37,38,41,44). The summed E-state index contributed by atoms with van der Waals surface area (Å²) in [6, 6.07) is 19.1. The predicted molar refractivity (Wildman–Crippen MR) is 174 cm³/mol. The van der Waals surface area contributed by atoms with Crippen molar-refractivity contribution < 1.29 is 22.7 Å². The SMILES string of the molecule is Cc1ccc(C(C)C)c(SNCN=C(N)NC(=O)NCCCCc2cccc(-c3ncn(-c4ccc(OC(F)(F)F)cc4)n3)c2)c1. The Labute approximate surface area is 270 Å². The van der Waals surface area contributed by atoms with Crippen molar-refractivity contribution in [1.29, 1.82) is 0 Å². The summed E-state index contributed by atoms with van der Waals surface area (Å²) >= 11 is 1.49. The van der Waals surface area contributed by atoms with E-state index in [1.165, 1.54) is 58.3 Å². The zero-order valence-corrected chi connectivity index (χ0v) is 26.6. The van der Waals surface area contributed by atoms with Gasteiger partial charge in [-0.05, 0) is 97.1 Å². The number of aromatic nitrogens is 3. The number of rotatable bonds is 13. The number of urea groups is 1. The van der Waals surface area contributed by atoms with Crippen molar-refractivity contribution in [2.24, 2.45) is 10.7 Å². The number of hydrogen-bond acceptors (Lipinski definition) is 7. The van der Waals surface area contributed by atoms with Gasteiger partial charge in [0.05, 0.1) is 5.69 Å². The van der Waals surface area contributed by atoms with Crippen molar-refractivity contribution in [3.63, 3.8) is 0 Å². The molecule has 0 saturated carbocycles. The number of ether oxygens (including phenoxy) is 1. The summed E-state index contributed by atoms with van der Waals surface area (Å²) in [5.74, 6) is 0.603. The number of aliphatic imine (C=N–C) groups is 1. The van der Waals surface area contributed by atoms with Crippen LogP contribution in [0.15, 0.2) is 82.9 Å². The summed E-state index contributed by atoms with van der Waals surface area (Å²) in [5, 5.41) is 9.79. The van der Waals surface area contributed by atoms with E-state index in [0.717, 1.165) is 35.3 Å². The number of unbranched alkanes of at least 4 members (excludes halogenated alkanes) is 1. The molecular formula is C32H37F3N8O2S. The Morgan fingerprint density at radius 1 is 1.09 bits per heavy atom. The van der Waals surface area contributed by atoms with Crippen LogP contribution in [0.2, 0.25) is 0 Å². The normalized spacial score (nSPS) is 11.9. The summed E-state index contributed by atoms with van der Waals surface area (Å²) in [6.07, 6.45) is -0.882. The monoisotopic (exact) mass is 654 g/mol. The Morgan fingerprint density at radius 2 is 1.87 bits per heavy atom. The molecule has 14 heteroatoms. The lowest BCUT2D eigenvalue weighted by Crippen LogP contribution is -2.44. The maximum absolute atomic E-state index is 12.4. The molecule has 5 N–H and O–H groups in total. The summed E-state index contributed by atoms with van der Waals surface area (Å²) in [7, 11) is 0. The Hall–Kier alpha value is -4.56. The first-order chi connectivity index (χ1) is 22.0. The highest BCUT2D eigenvalue weighted by molar-refractivity contribution is 7.97. The number of carbonyl (C=O) groups excluding carboxylic acids is 1. The van der Waals surface area contributed by atoms with Crippen LogP contribution < -0.4 is 25.8 Å². The van der Waals surface area contributed by atoms with Gasteiger partial charge in [0.2, 0.25) is 0 Å². The van der Waals surface area contributed by atoms with E-state index in [1.807, 2.05) is 24.3 Å². The Bertz CT molecular complexity index is 1620. The van der Waals surface area contributed by atoms with Gasteiger partial charge in [-0.2, -0.15) is 0 Å². The fourth-order valence-electron chi connectivity index (χ4n) is 4.48. The fraction of sp³-hybridized carbons (Fsp3) is 0.312. The number of amides is 2. The fourth-order valence-corrected chi connectivity index (χ4v) is 5.43. The van der Waals surface area contributed by atoms with E-state index in [1.54, 1.807) is 0 Å². The molecule has 1 aromatic heterocycles. The molecule has 0 bridgehead atoms. The molecule has 10 nitrogen and oxygen atoms in total. The lowest BCUT2D eigenvalue weighted by Gasteiger charge is -2.13. The van der Waals surface area contributed by atoms with Crippen LogP contribution in [0.3, 0.4) is 0 Å². The van der Waals surface area contributed by atoms with E-state index in [-0.39, 0.29) is 18.4 Å². The first kappa shape index (κ1) is 34.3. The second kappa shape index (κ2) is 16.1. The minimum atomic E-state index is -4.75. The molecule has 0 atom stereocenters. The van der Waals surface area contributed by atoms with Crippen molar-refractivity contribution in [2.75, 3.05) is 13.2 Å². The van der Waals surface area contributed by atoms with Gasteiger partial charge in [-0.25, -0.2) is 24.2 Å². The van der Waals surface area contributed by atoms with Gasteiger partial charge in [0.25, 0.3) is 0 Å². The van der Waals surface area contributed by atoms with Crippen molar-refractivity contribution in [3.8, 4) is 22.8 Å². The zero-order valence-electron chi connectivity index (χ0n) is 25.8. The molecule has 4 aromatic rings. The molecule has 0 aliphatic heterocycles. The summed E-state index contributed by atoms with van der Waals surface area (Å²) in [4.78, 5) is 21.9. The van der Waals surface area contributed by atoms with Gasteiger partial charge in [0, 0.05) is 17.0 Å². The molecule has 0 aliphatic carbocycles. The first-order valence-electron chi connectivity index (χ1n) is 14.7. The minimum Gasteiger partial charge on any atom is -0.406 e. The molecule has 0 saturated heterocycles. The Balaban J connectivity index is 1.16. The van der Waals surface area contributed by atoms with Gasteiger partial charge in [0.15, 0.2) is 11.8 Å². The largest absolute Gasteiger partial charge is 0.573 e. The molecule has 1 heterocycles. The third kappa shape index (κ3) is 10.8. The van der Waals surface area contributed by atoms with Crippen molar-refractivity contribution >= 4 is 23.9 Å². The highest BCUT2D eigenvalue weighted by atomic mass is 32.2. The van der Waals surface area contributed by atoms with E-state index in [9.17, 15) is 18.0 Å². The van der Waals surface area contributed by atoms with Crippen LogP contribution in [0.4, 0.5) is 18.0 Å². The number of benzene rings is 3. The van der Waals surface area contributed by atoms with E-state index < -0.39 is 12.4 Å². The molecule has 0 fully saturated rings. The number of guanidine groups is 1. The third-order valence-electron chi connectivity index (χ3n) is 6.72. The number of nitrogens with one attached hydrogen (secondary N) is 3. The second-order valence-corrected chi connectivity index (χ2v) is 11.7. The van der Waals surface area contributed by atoms with Gasteiger partial charge < -0.3 is 15.8 Å².